The molecule has 0 aliphatic rings. The number of amides is 1. The van der Waals surface area contributed by atoms with E-state index >= 15 is 0 Å². The lowest BCUT2D eigenvalue weighted by atomic mass is 10.1. The van der Waals surface area contributed by atoms with Gasteiger partial charge in [-0.3, -0.25) is 4.79 Å². The monoisotopic (exact) mass is 343 g/mol. The first-order valence-corrected chi connectivity index (χ1v) is 8.77. The minimum atomic E-state index is -0.417. The number of nitrogens with one attached hydrogen (secondary N) is 1. The van der Waals surface area contributed by atoms with E-state index in [9.17, 15) is 9.59 Å². The van der Waals surface area contributed by atoms with Gasteiger partial charge in [0.25, 0.3) is 0 Å². The molecular weight excluding hydrogens is 322 g/mol. The maximum Gasteiger partial charge on any atom is 0.337 e. The van der Waals surface area contributed by atoms with Crippen LogP contribution in [0.1, 0.15) is 27.0 Å². The predicted octanol–water partition coefficient (Wildman–Crippen LogP) is 3.96. The Bertz CT molecular complexity index is 743. The summed E-state index contributed by atoms with van der Waals surface area (Å²) in [6, 6.07) is 13.4. The summed E-state index contributed by atoms with van der Waals surface area (Å²) in [6.45, 7) is 3.94. The fourth-order valence-electron chi connectivity index (χ4n) is 2.25. The van der Waals surface area contributed by atoms with Crippen LogP contribution in [0.2, 0.25) is 0 Å². The van der Waals surface area contributed by atoms with E-state index in [1.54, 1.807) is 30.0 Å². The quantitative estimate of drug-likeness (QED) is 0.807. The molecule has 2 rings (SSSR count). The van der Waals surface area contributed by atoms with E-state index in [2.05, 4.69) is 30.4 Å². The van der Waals surface area contributed by atoms with Crippen molar-refractivity contribution in [2.75, 3.05) is 18.2 Å². The molecule has 0 bridgehead atoms. The number of anilines is 1. The van der Waals surface area contributed by atoms with Gasteiger partial charge in [-0.05, 0) is 37.1 Å². The molecule has 0 aromatic heterocycles. The van der Waals surface area contributed by atoms with Crippen molar-refractivity contribution < 1.29 is 14.3 Å². The van der Waals surface area contributed by atoms with Crippen LogP contribution in [0.4, 0.5) is 5.69 Å². The first-order chi connectivity index (χ1) is 11.5. The Balaban J connectivity index is 1.91. The van der Waals surface area contributed by atoms with Crippen molar-refractivity contribution >= 4 is 29.3 Å². The van der Waals surface area contributed by atoms with E-state index in [0.29, 0.717) is 17.0 Å². The number of hydrogen-bond donors (Lipinski definition) is 1. The topological polar surface area (TPSA) is 55.4 Å². The standard InChI is InChI=1S/C19H21NO3S/c1-13-5-4-6-15(9-13)11-24-12-18(21)20-17-10-16(19(22)23-3)8-7-14(17)2/h4-10H,11-12H2,1-3H3,(H,20,21). The van der Waals surface area contributed by atoms with Crippen molar-refractivity contribution in [3.63, 3.8) is 0 Å². The Morgan fingerprint density at radius 2 is 1.92 bits per heavy atom. The maximum absolute atomic E-state index is 12.1. The number of ether oxygens (including phenoxy) is 1. The maximum atomic E-state index is 12.1. The second-order valence-electron chi connectivity index (χ2n) is 5.55. The highest BCUT2D eigenvalue weighted by atomic mass is 32.2. The van der Waals surface area contributed by atoms with Crippen LogP contribution in [0.3, 0.4) is 0 Å². The van der Waals surface area contributed by atoms with Gasteiger partial charge in [0.15, 0.2) is 0 Å². The smallest absolute Gasteiger partial charge is 0.337 e. The predicted molar refractivity (Wildman–Crippen MR) is 98.5 cm³/mol. The average molecular weight is 343 g/mol. The van der Waals surface area contributed by atoms with Crippen molar-refractivity contribution in [1.82, 2.24) is 0 Å². The van der Waals surface area contributed by atoms with Gasteiger partial charge in [0.2, 0.25) is 5.91 Å². The Hall–Kier alpha value is -2.27. The van der Waals surface area contributed by atoms with Gasteiger partial charge in [-0.25, -0.2) is 4.79 Å². The zero-order valence-electron chi connectivity index (χ0n) is 14.1. The molecule has 24 heavy (non-hydrogen) atoms. The molecule has 0 aliphatic heterocycles. The molecule has 0 spiro atoms. The Labute approximate surface area is 146 Å². The summed E-state index contributed by atoms with van der Waals surface area (Å²) in [4.78, 5) is 23.7. The molecule has 0 saturated heterocycles. The summed E-state index contributed by atoms with van der Waals surface area (Å²) in [5, 5.41) is 2.86. The van der Waals surface area contributed by atoms with E-state index in [1.807, 2.05) is 13.0 Å². The van der Waals surface area contributed by atoms with Gasteiger partial charge in [0.1, 0.15) is 0 Å². The van der Waals surface area contributed by atoms with E-state index in [4.69, 9.17) is 4.74 Å². The van der Waals surface area contributed by atoms with Crippen LogP contribution >= 0.6 is 11.8 Å². The number of methoxy groups -OCH3 is 1. The van der Waals surface area contributed by atoms with Gasteiger partial charge in [-0.2, -0.15) is 0 Å². The Kier molecular flexibility index (Phi) is 6.44. The van der Waals surface area contributed by atoms with Gasteiger partial charge in [-0.15, -0.1) is 11.8 Å². The molecule has 0 saturated carbocycles. The lowest BCUT2D eigenvalue weighted by Gasteiger charge is -2.10. The fourth-order valence-corrected chi connectivity index (χ4v) is 3.03. The lowest BCUT2D eigenvalue weighted by molar-refractivity contribution is -0.113. The number of benzene rings is 2. The first kappa shape index (κ1) is 18.1. The fraction of sp³-hybridized carbons (Fsp3) is 0.263. The zero-order chi connectivity index (χ0) is 17.5. The molecule has 2 aromatic rings. The Morgan fingerprint density at radius 1 is 1.12 bits per heavy atom. The van der Waals surface area contributed by atoms with Crippen molar-refractivity contribution in [1.29, 1.82) is 0 Å². The highest BCUT2D eigenvalue weighted by Gasteiger charge is 2.10. The highest BCUT2D eigenvalue weighted by Crippen LogP contribution is 2.19. The molecule has 1 N–H and O–H groups in total. The SMILES string of the molecule is COC(=O)c1ccc(C)c(NC(=O)CSCc2cccc(C)c2)c1. The van der Waals surface area contributed by atoms with Crippen molar-refractivity contribution in [3.05, 3.63) is 64.7 Å². The number of carbonyl (C=O) groups is 2. The molecule has 2 aromatic carbocycles. The minimum Gasteiger partial charge on any atom is -0.465 e. The van der Waals surface area contributed by atoms with Crippen LogP contribution in [0.5, 0.6) is 0 Å². The van der Waals surface area contributed by atoms with Gasteiger partial charge in [-0.1, -0.05) is 35.9 Å². The summed E-state index contributed by atoms with van der Waals surface area (Å²) in [7, 11) is 1.34. The van der Waals surface area contributed by atoms with Crippen LogP contribution in [0.25, 0.3) is 0 Å². The number of rotatable bonds is 6. The van der Waals surface area contributed by atoms with Gasteiger partial charge in [0, 0.05) is 11.4 Å². The third kappa shape index (κ3) is 5.13. The third-order valence-electron chi connectivity index (χ3n) is 3.52. The number of thioether (sulfide) groups is 1. The van der Waals surface area contributed by atoms with Crippen LogP contribution < -0.4 is 5.32 Å². The average Bonchev–Trinajstić information content (AvgIpc) is 2.56. The van der Waals surface area contributed by atoms with E-state index in [-0.39, 0.29) is 5.91 Å². The van der Waals surface area contributed by atoms with Crippen molar-refractivity contribution in [2.24, 2.45) is 0 Å². The molecule has 126 valence electrons. The minimum absolute atomic E-state index is 0.0854. The molecule has 1 amide bonds. The highest BCUT2D eigenvalue weighted by molar-refractivity contribution is 7.99. The van der Waals surface area contributed by atoms with Crippen molar-refractivity contribution in [3.8, 4) is 0 Å². The van der Waals surface area contributed by atoms with Crippen LogP contribution in [-0.2, 0) is 15.3 Å². The molecule has 4 nitrogen and oxygen atoms in total. The number of carbonyl (C=O) groups excluding carboxylic acids is 2. The number of aryl methyl sites for hydroxylation is 2. The molecule has 0 aliphatic carbocycles. The molecule has 0 unspecified atom stereocenters. The largest absolute Gasteiger partial charge is 0.465 e. The van der Waals surface area contributed by atoms with Gasteiger partial charge < -0.3 is 10.1 Å². The van der Waals surface area contributed by atoms with E-state index in [1.165, 1.54) is 18.2 Å². The third-order valence-corrected chi connectivity index (χ3v) is 4.52. The van der Waals surface area contributed by atoms with Crippen LogP contribution in [-0.4, -0.2) is 24.7 Å². The molecule has 5 heteroatoms. The molecule has 0 fully saturated rings. The molecule has 0 heterocycles. The Morgan fingerprint density at radius 3 is 2.62 bits per heavy atom. The summed E-state index contributed by atoms with van der Waals surface area (Å²) < 4.78 is 4.70. The summed E-state index contributed by atoms with van der Waals surface area (Å²) in [5.74, 6) is 0.642. The lowest BCUT2D eigenvalue weighted by Crippen LogP contribution is -2.15. The summed E-state index contributed by atoms with van der Waals surface area (Å²) >= 11 is 1.56. The van der Waals surface area contributed by atoms with Crippen LogP contribution in [0.15, 0.2) is 42.5 Å². The second-order valence-corrected chi connectivity index (χ2v) is 6.54. The van der Waals surface area contributed by atoms with Crippen LogP contribution in [0, 0.1) is 13.8 Å². The summed E-state index contributed by atoms with van der Waals surface area (Å²) in [6.07, 6.45) is 0. The van der Waals surface area contributed by atoms with Gasteiger partial charge in [0.05, 0.1) is 18.4 Å². The molecule has 0 radical (unpaired) electrons. The van der Waals surface area contributed by atoms with E-state index < -0.39 is 5.97 Å². The van der Waals surface area contributed by atoms with E-state index in [0.717, 1.165) is 11.3 Å². The molecular formula is C19H21NO3S. The number of esters is 1. The second kappa shape index (κ2) is 8.55. The van der Waals surface area contributed by atoms with Crippen molar-refractivity contribution in [2.45, 2.75) is 19.6 Å². The van der Waals surface area contributed by atoms with Gasteiger partial charge >= 0.3 is 5.97 Å². The zero-order valence-corrected chi connectivity index (χ0v) is 14.9. The molecule has 0 atom stereocenters. The normalized spacial score (nSPS) is 10.3. The summed E-state index contributed by atoms with van der Waals surface area (Å²) in [5.41, 5.74) is 4.38. The number of hydrogen-bond acceptors (Lipinski definition) is 4. The first-order valence-electron chi connectivity index (χ1n) is 7.61.